The maximum Gasteiger partial charge on any atom is 0.229 e. The van der Waals surface area contributed by atoms with Crippen LogP contribution in [-0.4, -0.2) is 44.0 Å². The van der Waals surface area contributed by atoms with Crippen molar-refractivity contribution in [3.63, 3.8) is 0 Å². The largest absolute Gasteiger partial charge is 0.347 e. The van der Waals surface area contributed by atoms with Crippen molar-refractivity contribution in [3.8, 4) is 17.2 Å². The van der Waals surface area contributed by atoms with E-state index >= 15 is 0 Å². The predicted octanol–water partition coefficient (Wildman–Crippen LogP) is 1.84. The third-order valence-corrected chi connectivity index (χ3v) is 2.94. The lowest BCUT2D eigenvalue weighted by atomic mass is 10.3. The van der Waals surface area contributed by atoms with Crippen LogP contribution >= 0.6 is 11.6 Å². The lowest BCUT2D eigenvalue weighted by molar-refractivity contribution is 0.802. The molecule has 0 unspecified atom stereocenters. The standard InChI is InChI=1S/C13H12ClN7/c1-20(2)13-17-11(16-12(14)18-13)10-8-15-19-21(10)9-6-4-3-5-7-9/h3-8H,1-2H3. The highest BCUT2D eigenvalue weighted by atomic mass is 35.5. The van der Waals surface area contributed by atoms with Crippen LogP contribution in [0.3, 0.4) is 0 Å². The predicted molar refractivity (Wildman–Crippen MR) is 79.5 cm³/mol. The van der Waals surface area contributed by atoms with Crippen LogP contribution in [0.1, 0.15) is 0 Å². The molecule has 0 amide bonds. The summed E-state index contributed by atoms with van der Waals surface area (Å²) in [5.41, 5.74) is 1.52. The minimum Gasteiger partial charge on any atom is -0.347 e. The van der Waals surface area contributed by atoms with Gasteiger partial charge in [0, 0.05) is 14.1 Å². The summed E-state index contributed by atoms with van der Waals surface area (Å²) in [6, 6.07) is 9.63. The van der Waals surface area contributed by atoms with Gasteiger partial charge in [-0.05, 0) is 23.7 Å². The van der Waals surface area contributed by atoms with Gasteiger partial charge in [-0.1, -0.05) is 23.4 Å². The fraction of sp³-hybridized carbons (Fsp3) is 0.154. The Labute approximate surface area is 126 Å². The summed E-state index contributed by atoms with van der Waals surface area (Å²) in [4.78, 5) is 14.4. The second-order valence-electron chi connectivity index (χ2n) is 4.49. The van der Waals surface area contributed by atoms with E-state index in [0.717, 1.165) is 5.69 Å². The zero-order chi connectivity index (χ0) is 14.8. The summed E-state index contributed by atoms with van der Waals surface area (Å²) >= 11 is 5.97. The minimum atomic E-state index is 0.129. The highest BCUT2D eigenvalue weighted by molar-refractivity contribution is 6.28. The van der Waals surface area contributed by atoms with Crippen molar-refractivity contribution in [2.45, 2.75) is 0 Å². The molecule has 3 rings (SSSR count). The molecule has 0 aliphatic heterocycles. The molecule has 8 heteroatoms. The van der Waals surface area contributed by atoms with Crippen molar-refractivity contribution in [1.29, 1.82) is 0 Å². The van der Waals surface area contributed by atoms with Crippen molar-refractivity contribution in [2.24, 2.45) is 0 Å². The van der Waals surface area contributed by atoms with Crippen LogP contribution in [0.5, 0.6) is 0 Å². The van der Waals surface area contributed by atoms with Gasteiger partial charge in [-0.2, -0.15) is 15.0 Å². The van der Waals surface area contributed by atoms with E-state index in [9.17, 15) is 0 Å². The number of rotatable bonds is 3. The Bertz CT molecular complexity index is 754. The van der Waals surface area contributed by atoms with Gasteiger partial charge in [0.1, 0.15) is 5.69 Å². The number of anilines is 1. The molecule has 0 saturated heterocycles. The number of hydrogen-bond acceptors (Lipinski definition) is 6. The van der Waals surface area contributed by atoms with E-state index in [1.807, 2.05) is 44.4 Å². The summed E-state index contributed by atoms with van der Waals surface area (Å²) < 4.78 is 1.66. The Morgan fingerprint density at radius 2 is 1.81 bits per heavy atom. The van der Waals surface area contributed by atoms with E-state index < -0.39 is 0 Å². The van der Waals surface area contributed by atoms with E-state index in [1.54, 1.807) is 15.8 Å². The number of nitrogens with zero attached hydrogens (tertiary/aromatic N) is 7. The average Bonchev–Trinajstić information content (AvgIpc) is 2.97. The Balaban J connectivity index is 2.12. The second kappa shape index (κ2) is 5.45. The lowest BCUT2D eigenvalue weighted by Gasteiger charge is -2.11. The van der Waals surface area contributed by atoms with Crippen LogP contribution in [0.15, 0.2) is 36.5 Å². The first-order valence-corrected chi connectivity index (χ1v) is 6.58. The van der Waals surface area contributed by atoms with Crippen LogP contribution in [0.25, 0.3) is 17.2 Å². The molecule has 0 aliphatic carbocycles. The molecule has 0 spiro atoms. The van der Waals surface area contributed by atoms with Crippen LogP contribution < -0.4 is 4.90 Å². The van der Waals surface area contributed by atoms with Gasteiger partial charge in [-0.3, -0.25) is 0 Å². The number of para-hydroxylation sites is 1. The zero-order valence-corrected chi connectivity index (χ0v) is 12.2. The highest BCUT2D eigenvalue weighted by Gasteiger charge is 2.14. The molecular weight excluding hydrogens is 290 g/mol. The molecular formula is C13H12ClN7. The summed E-state index contributed by atoms with van der Waals surface area (Å²) in [6.45, 7) is 0. The first-order valence-electron chi connectivity index (χ1n) is 6.20. The van der Waals surface area contributed by atoms with Crippen LogP contribution in [0.4, 0.5) is 5.95 Å². The smallest absolute Gasteiger partial charge is 0.229 e. The van der Waals surface area contributed by atoms with Crippen molar-refractivity contribution in [1.82, 2.24) is 29.9 Å². The summed E-state index contributed by atoms with van der Waals surface area (Å²) in [7, 11) is 3.67. The molecule has 0 bridgehead atoms. The van der Waals surface area contributed by atoms with Gasteiger partial charge in [0.2, 0.25) is 11.2 Å². The Kier molecular flexibility index (Phi) is 3.49. The maximum atomic E-state index is 5.97. The Morgan fingerprint density at radius 1 is 1.05 bits per heavy atom. The first kappa shape index (κ1) is 13.4. The zero-order valence-electron chi connectivity index (χ0n) is 11.5. The maximum absolute atomic E-state index is 5.97. The minimum absolute atomic E-state index is 0.129. The van der Waals surface area contributed by atoms with Gasteiger partial charge in [0.15, 0.2) is 5.82 Å². The number of benzene rings is 1. The SMILES string of the molecule is CN(C)c1nc(Cl)nc(-c2cnnn2-c2ccccc2)n1. The van der Waals surface area contributed by atoms with Gasteiger partial charge in [-0.25, -0.2) is 4.68 Å². The van der Waals surface area contributed by atoms with Crippen LogP contribution in [-0.2, 0) is 0 Å². The van der Waals surface area contributed by atoms with Crippen molar-refractivity contribution >= 4 is 17.5 Å². The van der Waals surface area contributed by atoms with Gasteiger partial charge in [-0.15, -0.1) is 5.10 Å². The fourth-order valence-corrected chi connectivity index (χ4v) is 1.96. The Morgan fingerprint density at radius 3 is 2.52 bits per heavy atom. The number of aromatic nitrogens is 6. The van der Waals surface area contributed by atoms with Gasteiger partial charge < -0.3 is 4.90 Å². The van der Waals surface area contributed by atoms with Crippen LogP contribution in [0, 0.1) is 0 Å². The molecule has 106 valence electrons. The van der Waals surface area contributed by atoms with E-state index in [4.69, 9.17) is 11.6 Å². The van der Waals surface area contributed by atoms with E-state index in [1.165, 1.54) is 0 Å². The molecule has 2 aromatic heterocycles. The van der Waals surface area contributed by atoms with Crippen molar-refractivity contribution in [2.75, 3.05) is 19.0 Å². The molecule has 0 aliphatic rings. The molecule has 0 fully saturated rings. The van der Waals surface area contributed by atoms with E-state index in [-0.39, 0.29) is 5.28 Å². The summed E-state index contributed by atoms with van der Waals surface area (Å²) in [6.07, 6.45) is 1.60. The van der Waals surface area contributed by atoms with E-state index in [2.05, 4.69) is 25.3 Å². The van der Waals surface area contributed by atoms with Crippen LogP contribution in [0.2, 0.25) is 5.28 Å². The highest BCUT2D eigenvalue weighted by Crippen LogP contribution is 2.20. The fourth-order valence-electron chi connectivity index (χ4n) is 1.80. The third-order valence-electron chi connectivity index (χ3n) is 2.78. The van der Waals surface area contributed by atoms with E-state index in [0.29, 0.717) is 17.5 Å². The monoisotopic (exact) mass is 301 g/mol. The lowest BCUT2D eigenvalue weighted by Crippen LogP contribution is -2.14. The Hall–Kier alpha value is -2.54. The molecule has 2 heterocycles. The molecule has 0 N–H and O–H groups in total. The quantitative estimate of drug-likeness (QED) is 0.735. The van der Waals surface area contributed by atoms with Gasteiger partial charge in [0.25, 0.3) is 0 Å². The summed E-state index contributed by atoms with van der Waals surface area (Å²) in [5, 5.41) is 8.14. The molecule has 1 aromatic carbocycles. The first-order chi connectivity index (χ1) is 10.1. The second-order valence-corrected chi connectivity index (χ2v) is 4.83. The molecule has 0 saturated carbocycles. The topological polar surface area (TPSA) is 72.6 Å². The molecule has 0 radical (unpaired) electrons. The number of hydrogen-bond donors (Lipinski definition) is 0. The van der Waals surface area contributed by atoms with Gasteiger partial charge in [0.05, 0.1) is 11.9 Å². The van der Waals surface area contributed by atoms with Gasteiger partial charge >= 0.3 is 0 Å². The molecule has 0 atom stereocenters. The average molecular weight is 302 g/mol. The number of halogens is 1. The normalized spacial score (nSPS) is 10.6. The van der Waals surface area contributed by atoms with Crippen molar-refractivity contribution in [3.05, 3.63) is 41.8 Å². The third kappa shape index (κ3) is 2.68. The molecule has 21 heavy (non-hydrogen) atoms. The molecule has 3 aromatic rings. The van der Waals surface area contributed by atoms with Crippen molar-refractivity contribution < 1.29 is 0 Å². The molecule has 7 nitrogen and oxygen atoms in total. The summed E-state index contributed by atoms with van der Waals surface area (Å²) in [5.74, 6) is 0.901.